The van der Waals surface area contributed by atoms with Crippen LogP contribution in [0, 0.1) is 6.92 Å². The normalized spacial score (nSPS) is 13.0. The third-order valence-corrected chi connectivity index (χ3v) is 6.23. The highest BCUT2D eigenvalue weighted by molar-refractivity contribution is 8.00. The van der Waals surface area contributed by atoms with Crippen molar-refractivity contribution in [1.82, 2.24) is 14.5 Å². The monoisotopic (exact) mass is 420 g/mol. The summed E-state index contributed by atoms with van der Waals surface area (Å²) in [6.07, 6.45) is 7.35. The number of thioether (sulfide) groups is 1. The molecular formula is C23H24N4O2S. The zero-order valence-electron chi connectivity index (χ0n) is 16.9. The molecule has 1 N–H and O–H groups in total. The predicted molar refractivity (Wildman–Crippen MR) is 119 cm³/mol. The highest BCUT2D eigenvalue weighted by atomic mass is 32.2. The molecule has 2 aromatic heterocycles. The highest BCUT2D eigenvalue weighted by Gasteiger charge is 2.21. The Balaban J connectivity index is 1.52. The Kier molecular flexibility index (Phi) is 6.28. The number of rotatable bonds is 6. The van der Waals surface area contributed by atoms with Crippen molar-refractivity contribution in [1.29, 1.82) is 0 Å². The van der Waals surface area contributed by atoms with Crippen LogP contribution in [-0.4, -0.2) is 26.2 Å². The molecule has 0 unspecified atom stereocenters. The minimum Gasteiger partial charge on any atom is -0.325 e. The first-order valence-electron chi connectivity index (χ1n) is 10.1. The fourth-order valence-corrected chi connectivity index (χ4v) is 4.55. The van der Waals surface area contributed by atoms with Crippen molar-refractivity contribution in [3.05, 3.63) is 81.7 Å². The second-order valence-electron chi connectivity index (χ2n) is 7.48. The molecule has 3 aromatic rings. The van der Waals surface area contributed by atoms with Crippen molar-refractivity contribution >= 4 is 23.4 Å². The van der Waals surface area contributed by atoms with Crippen LogP contribution in [0.1, 0.15) is 35.2 Å². The molecule has 7 heteroatoms. The molecule has 1 aromatic carbocycles. The molecule has 0 atom stereocenters. The van der Waals surface area contributed by atoms with Gasteiger partial charge in [0.1, 0.15) is 5.03 Å². The first-order chi connectivity index (χ1) is 14.6. The van der Waals surface area contributed by atoms with Crippen LogP contribution in [0.2, 0.25) is 0 Å². The maximum atomic E-state index is 12.8. The molecule has 1 amide bonds. The fourth-order valence-electron chi connectivity index (χ4n) is 3.67. The lowest BCUT2D eigenvalue weighted by Crippen LogP contribution is -2.30. The third kappa shape index (κ3) is 4.79. The van der Waals surface area contributed by atoms with Gasteiger partial charge in [-0.25, -0.2) is 4.79 Å². The first-order valence-corrected chi connectivity index (χ1v) is 11.1. The molecule has 4 rings (SSSR count). The summed E-state index contributed by atoms with van der Waals surface area (Å²) in [4.78, 5) is 33.6. The standard InChI is InChI=1S/C23H24N4O2S/c1-16-6-8-18(9-7-16)25-21(28)15-30-22-19-4-2-3-5-20(19)27(23(29)26-22)14-17-10-12-24-13-11-17/h6-13H,2-5,14-15H2,1H3,(H,25,28). The number of carbonyl (C=O) groups excluding carboxylic acids is 1. The summed E-state index contributed by atoms with van der Waals surface area (Å²) in [6.45, 7) is 2.50. The highest BCUT2D eigenvalue weighted by Crippen LogP contribution is 2.28. The average Bonchev–Trinajstić information content (AvgIpc) is 2.77. The van der Waals surface area contributed by atoms with Crippen LogP contribution >= 0.6 is 11.8 Å². The van der Waals surface area contributed by atoms with Gasteiger partial charge in [-0.05, 0) is 62.4 Å². The Morgan fingerprint density at radius 1 is 1.10 bits per heavy atom. The van der Waals surface area contributed by atoms with Crippen LogP contribution in [-0.2, 0) is 24.2 Å². The fraction of sp³-hybridized carbons (Fsp3) is 0.304. The summed E-state index contributed by atoms with van der Waals surface area (Å²) in [5.41, 5.74) is 4.86. The number of benzene rings is 1. The van der Waals surface area contributed by atoms with E-state index >= 15 is 0 Å². The van der Waals surface area contributed by atoms with Crippen molar-refractivity contribution in [2.24, 2.45) is 0 Å². The molecular weight excluding hydrogens is 396 g/mol. The van der Waals surface area contributed by atoms with E-state index in [0.717, 1.165) is 53.8 Å². The van der Waals surface area contributed by atoms with Gasteiger partial charge in [0.25, 0.3) is 0 Å². The predicted octanol–water partition coefficient (Wildman–Crippen LogP) is 3.60. The van der Waals surface area contributed by atoms with Gasteiger partial charge in [-0.2, -0.15) is 4.98 Å². The number of pyridine rings is 1. The number of fused-ring (bicyclic) bond motifs is 1. The lowest BCUT2D eigenvalue weighted by atomic mass is 9.97. The van der Waals surface area contributed by atoms with E-state index in [9.17, 15) is 9.59 Å². The Morgan fingerprint density at radius 3 is 2.60 bits per heavy atom. The van der Waals surface area contributed by atoms with Crippen molar-refractivity contribution in [3.63, 3.8) is 0 Å². The van der Waals surface area contributed by atoms with E-state index in [1.165, 1.54) is 11.8 Å². The number of anilines is 1. The quantitative estimate of drug-likeness (QED) is 0.487. The van der Waals surface area contributed by atoms with Crippen LogP contribution in [0.4, 0.5) is 5.69 Å². The summed E-state index contributed by atoms with van der Waals surface area (Å²) < 4.78 is 1.78. The molecule has 0 saturated heterocycles. The van der Waals surface area contributed by atoms with E-state index in [4.69, 9.17) is 0 Å². The number of amides is 1. The van der Waals surface area contributed by atoms with Crippen molar-refractivity contribution in [2.45, 2.75) is 44.2 Å². The van der Waals surface area contributed by atoms with Crippen LogP contribution < -0.4 is 11.0 Å². The van der Waals surface area contributed by atoms with Gasteiger partial charge in [0.2, 0.25) is 5.91 Å². The summed E-state index contributed by atoms with van der Waals surface area (Å²) in [6, 6.07) is 11.5. The molecule has 2 heterocycles. The maximum Gasteiger partial charge on any atom is 0.349 e. The van der Waals surface area contributed by atoms with Crippen LogP contribution in [0.5, 0.6) is 0 Å². The van der Waals surface area contributed by atoms with E-state index in [-0.39, 0.29) is 17.3 Å². The molecule has 6 nitrogen and oxygen atoms in total. The SMILES string of the molecule is Cc1ccc(NC(=O)CSc2nc(=O)n(Cc3ccncc3)c3c2CCCC3)cc1. The van der Waals surface area contributed by atoms with E-state index in [0.29, 0.717) is 11.6 Å². The molecule has 0 saturated carbocycles. The molecule has 154 valence electrons. The molecule has 1 aliphatic rings. The molecule has 1 aliphatic carbocycles. The second-order valence-corrected chi connectivity index (χ2v) is 8.44. The molecule has 0 fully saturated rings. The summed E-state index contributed by atoms with van der Waals surface area (Å²) >= 11 is 1.35. The van der Waals surface area contributed by atoms with Crippen molar-refractivity contribution in [3.8, 4) is 0 Å². The Bertz CT molecular complexity index is 1090. The maximum absolute atomic E-state index is 12.8. The minimum atomic E-state index is -0.256. The smallest absolute Gasteiger partial charge is 0.325 e. The zero-order chi connectivity index (χ0) is 20.9. The lowest BCUT2D eigenvalue weighted by Gasteiger charge is -2.22. The molecule has 0 radical (unpaired) electrons. The van der Waals surface area contributed by atoms with E-state index in [1.807, 2.05) is 43.3 Å². The largest absolute Gasteiger partial charge is 0.349 e. The van der Waals surface area contributed by atoms with Crippen LogP contribution in [0.15, 0.2) is 58.6 Å². The van der Waals surface area contributed by atoms with Gasteiger partial charge in [-0.1, -0.05) is 29.5 Å². The Labute approximate surface area is 179 Å². The van der Waals surface area contributed by atoms with Crippen LogP contribution in [0.25, 0.3) is 0 Å². The lowest BCUT2D eigenvalue weighted by molar-refractivity contribution is -0.113. The molecule has 30 heavy (non-hydrogen) atoms. The summed E-state index contributed by atoms with van der Waals surface area (Å²) in [5, 5.41) is 3.60. The van der Waals surface area contributed by atoms with Gasteiger partial charge in [-0.15, -0.1) is 0 Å². The number of hydrogen-bond acceptors (Lipinski definition) is 5. The van der Waals surface area contributed by atoms with Gasteiger partial charge in [0.15, 0.2) is 0 Å². The molecule has 0 spiro atoms. The number of carbonyl (C=O) groups is 1. The van der Waals surface area contributed by atoms with Gasteiger partial charge in [0.05, 0.1) is 12.3 Å². The zero-order valence-corrected chi connectivity index (χ0v) is 17.7. The number of aromatic nitrogens is 3. The average molecular weight is 421 g/mol. The van der Waals surface area contributed by atoms with Gasteiger partial charge in [0, 0.05) is 29.3 Å². The first kappa shape index (κ1) is 20.3. The van der Waals surface area contributed by atoms with Crippen LogP contribution in [0.3, 0.4) is 0 Å². The topological polar surface area (TPSA) is 76.9 Å². The Hall–Kier alpha value is -2.93. The van der Waals surface area contributed by atoms with E-state index in [2.05, 4.69) is 15.3 Å². The van der Waals surface area contributed by atoms with E-state index < -0.39 is 0 Å². The number of nitrogens with one attached hydrogen (secondary N) is 1. The van der Waals surface area contributed by atoms with Gasteiger partial charge >= 0.3 is 5.69 Å². The minimum absolute atomic E-state index is 0.101. The number of hydrogen-bond donors (Lipinski definition) is 1. The van der Waals surface area contributed by atoms with Gasteiger partial charge < -0.3 is 5.32 Å². The summed E-state index contributed by atoms with van der Waals surface area (Å²) in [5.74, 6) is 0.123. The number of aryl methyl sites for hydroxylation is 1. The summed E-state index contributed by atoms with van der Waals surface area (Å²) in [7, 11) is 0. The van der Waals surface area contributed by atoms with Crippen molar-refractivity contribution in [2.75, 3.05) is 11.1 Å². The number of nitrogens with zero attached hydrogens (tertiary/aromatic N) is 3. The third-order valence-electron chi connectivity index (χ3n) is 5.22. The van der Waals surface area contributed by atoms with Gasteiger partial charge in [-0.3, -0.25) is 14.3 Å². The second kappa shape index (κ2) is 9.26. The molecule has 0 bridgehead atoms. The van der Waals surface area contributed by atoms with Crippen molar-refractivity contribution < 1.29 is 4.79 Å². The molecule has 0 aliphatic heterocycles. The Morgan fingerprint density at radius 2 is 1.83 bits per heavy atom. The van der Waals surface area contributed by atoms with E-state index in [1.54, 1.807) is 17.0 Å².